The Labute approximate surface area is 241 Å². The summed E-state index contributed by atoms with van der Waals surface area (Å²) in [7, 11) is 3.50. The van der Waals surface area contributed by atoms with Crippen molar-refractivity contribution in [3.05, 3.63) is 35.0 Å². The zero-order valence-electron chi connectivity index (χ0n) is 22.9. The fourth-order valence-electron chi connectivity index (χ4n) is 5.24. The number of methoxy groups -OCH3 is 1. The van der Waals surface area contributed by atoms with Gasteiger partial charge < -0.3 is 29.5 Å². The average Bonchev–Trinajstić information content (AvgIpc) is 3.62. The number of halogens is 2. The summed E-state index contributed by atoms with van der Waals surface area (Å²) in [5, 5.41) is 2.51. The van der Waals surface area contributed by atoms with Gasteiger partial charge in [0.05, 0.1) is 11.0 Å². The molecule has 2 aromatic rings. The van der Waals surface area contributed by atoms with Crippen LogP contribution in [0.2, 0.25) is 0 Å². The number of anilines is 1. The van der Waals surface area contributed by atoms with E-state index in [2.05, 4.69) is 27.1 Å². The zero-order valence-corrected chi connectivity index (χ0v) is 24.4. The lowest BCUT2D eigenvalue weighted by atomic mass is 9.95. The number of nitrogens with zero attached hydrogens (tertiary/aromatic N) is 4. The van der Waals surface area contributed by atoms with Crippen molar-refractivity contribution in [3.63, 3.8) is 0 Å². The van der Waals surface area contributed by atoms with Crippen molar-refractivity contribution in [1.29, 1.82) is 0 Å². The Morgan fingerprint density at radius 3 is 2.55 bits per heavy atom. The molecule has 1 N–H and O–H groups in total. The van der Waals surface area contributed by atoms with Crippen LogP contribution in [-0.2, 0) is 19.1 Å². The molecule has 13 heteroatoms. The number of hydrogen-bond acceptors (Lipinski definition) is 9. The molecule has 0 aliphatic carbocycles. The number of benzene rings is 1. The van der Waals surface area contributed by atoms with Gasteiger partial charge in [-0.2, -0.15) is 4.39 Å². The van der Waals surface area contributed by atoms with Gasteiger partial charge in [-0.15, -0.1) is 11.6 Å². The lowest BCUT2D eigenvalue weighted by Crippen LogP contribution is -2.60. The highest BCUT2D eigenvalue weighted by atomic mass is 35.5. The van der Waals surface area contributed by atoms with Crippen molar-refractivity contribution in [2.75, 3.05) is 58.4 Å². The number of ketones is 1. The second-order valence-corrected chi connectivity index (χ2v) is 12.4. The first-order valence-electron chi connectivity index (χ1n) is 13.2. The Bertz CT molecular complexity index is 1280. The molecule has 2 amide bonds. The van der Waals surface area contributed by atoms with Gasteiger partial charge in [0.2, 0.25) is 11.0 Å². The van der Waals surface area contributed by atoms with Crippen molar-refractivity contribution in [1.82, 2.24) is 20.1 Å². The number of likely N-dealkylation sites (N-methyl/N-ethyl adjacent to an activating group) is 1. The largest absolute Gasteiger partial charge is 0.376 e. The van der Waals surface area contributed by atoms with Gasteiger partial charge in [-0.25, -0.2) is 4.98 Å². The molecule has 0 radical (unpaired) electrons. The minimum Gasteiger partial charge on any atom is -0.376 e. The van der Waals surface area contributed by atoms with Crippen molar-refractivity contribution < 1.29 is 28.2 Å². The number of amides is 2. The van der Waals surface area contributed by atoms with Crippen molar-refractivity contribution in [2.24, 2.45) is 0 Å². The summed E-state index contributed by atoms with van der Waals surface area (Å²) in [6.45, 7) is 6.73. The quantitative estimate of drug-likeness (QED) is 0.486. The molecule has 4 heterocycles. The highest BCUT2D eigenvalue weighted by Gasteiger charge is 2.54. The number of fused-ring (bicyclic) bond motifs is 1. The molecule has 10 nitrogen and oxygen atoms in total. The van der Waals surface area contributed by atoms with Gasteiger partial charge in [0.1, 0.15) is 30.5 Å². The topological polar surface area (TPSA) is 104 Å². The Morgan fingerprint density at radius 2 is 1.90 bits per heavy atom. The highest BCUT2D eigenvalue weighted by molar-refractivity contribution is 7.14. The molecule has 4 atom stereocenters. The maximum atomic E-state index is 14.9. The van der Waals surface area contributed by atoms with Crippen LogP contribution in [0.5, 0.6) is 0 Å². The van der Waals surface area contributed by atoms with Crippen LogP contribution in [0, 0.1) is 5.13 Å². The van der Waals surface area contributed by atoms with E-state index < -0.39 is 41.0 Å². The molecule has 4 unspecified atom stereocenters. The number of likely N-dealkylation sites (tertiary alicyclic amines) is 1. The molecule has 0 bridgehead atoms. The number of rotatable bonds is 7. The average molecular weight is 594 g/mol. The molecular formula is C27H33ClFN5O5S. The van der Waals surface area contributed by atoms with Crippen LogP contribution in [0.25, 0.3) is 11.3 Å². The van der Waals surface area contributed by atoms with Gasteiger partial charge in [0, 0.05) is 51.0 Å². The van der Waals surface area contributed by atoms with Gasteiger partial charge in [-0.3, -0.25) is 14.4 Å². The van der Waals surface area contributed by atoms with Crippen LogP contribution >= 0.6 is 22.9 Å². The van der Waals surface area contributed by atoms with Gasteiger partial charge in [0.15, 0.2) is 10.9 Å². The van der Waals surface area contributed by atoms with Crippen molar-refractivity contribution >= 4 is 45.7 Å². The Hall–Kier alpha value is -2.64. The van der Waals surface area contributed by atoms with Crippen LogP contribution in [0.4, 0.5) is 9.52 Å². The number of carbonyl (C=O) groups is 3. The Kier molecular flexibility index (Phi) is 8.17. The summed E-state index contributed by atoms with van der Waals surface area (Å²) in [5.41, 5.74) is -0.0369. The number of aromatic nitrogens is 1. The summed E-state index contributed by atoms with van der Waals surface area (Å²) in [5.74, 6) is -1.21. The molecule has 1 aromatic heterocycles. The highest BCUT2D eigenvalue weighted by Crippen LogP contribution is 2.34. The molecule has 3 saturated heterocycles. The summed E-state index contributed by atoms with van der Waals surface area (Å²) in [4.78, 5) is 49.6. The van der Waals surface area contributed by atoms with Crippen molar-refractivity contribution in [3.8, 4) is 11.3 Å². The van der Waals surface area contributed by atoms with E-state index in [1.807, 2.05) is 0 Å². The van der Waals surface area contributed by atoms with E-state index >= 15 is 0 Å². The lowest BCUT2D eigenvalue weighted by molar-refractivity contribution is -0.144. The maximum Gasteiger partial charge on any atom is 0.252 e. The van der Waals surface area contributed by atoms with Gasteiger partial charge in [0.25, 0.3) is 5.91 Å². The first-order valence-corrected chi connectivity index (χ1v) is 14.4. The maximum absolute atomic E-state index is 14.9. The number of alkyl halides is 1. The third-order valence-electron chi connectivity index (χ3n) is 7.92. The van der Waals surface area contributed by atoms with E-state index in [1.54, 1.807) is 38.1 Å². The zero-order chi connectivity index (χ0) is 28.8. The lowest BCUT2D eigenvalue weighted by Gasteiger charge is -2.36. The fraction of sp³-hybridized carbons (Fsp3) is 0.556. The minimum atomic E-state index is -1.11. The number of ether oxygens (including phenoxy) is 2. The second kappa shape index (κ2) is 11.3. The predicted octanol–water partition coefficient (Wildman–Crippen LogP) is 2.01. The summed E-state index contributed by atoms with van der Waals surface area (Å²) in [6.07, 6.45) is -0.574. The van der Waals surface area contributed by atoms with E-state index in [4.69, 9.17) is 21.1 Å². The number of thiazole rings is 1. The molecule has 3 fully saturated rings. The Balaban J connectivity index is 1.32. The van der Waals surface area contributed by atoms with Gasteiger partial charge in [-0.05, 0) is 33.0 Å². The van der Waals surface area contributed by atoms with Crippen molar-refractivity contribution in [2.45, 2.75) is 43.0 Å². The number of hydrogen-bond donors (Lipinski definition) is 1. The molecule has 0 saturated carbocycles. The summed E-state index contributed by atoms with van der Waals surface area (Å²) >= 11 is 7.39. The summed E-state index contributed by atoms with van der Waals surface area (Å²) in [6, 6.07) is 4.51. The first kappa shape index (κ1) is 28.9. The molecule has 1 aromatic carbocycles. The molecule has 3 aliphatic heterocycles. The molecule has 0 spiro atoms. The molecular weight excluding hydrogens is 561 g/mol. The van der Waals surface area contributed by atoms with Crippen LogP contribution in [0.3, 0.4) is 0 Å². The first-order chi connectivity index (χ1) is 19.0. The monoisotopic (exact) mass is 593 g/mol. The minimum absolute atomic E-state index is 0.101. The third-order valence-corrected chi connectivity index (χ3v) is 9.21. The van der Waals surface area contributed by atoms with E-state index in [1.165, 1.54) is 12.0 Å². The van der Waals surface area contributed by atoms with Crippen LogP contribution in [-0.4, -0.2) is 115 Å². The number of Topliss-reactive ketones (excluding diaryl/α,β-unsaturated/α-hetero) is 1. The van der Waals surface area contributed by atoms with Crippen LogP contribution in [0.15, 0.2) is 24.3 Å². The molecule has 5 rings (SSSR count). The van der Waals surface area contributed by atoms with Crippen LogP contribution in [0.1, 0.15) is 24.2 Å². The number of piperazine rings is 1. The number of nitrogens with one attached hydrogen (secondary N) is 1. The summed E-state index contributed by atoms with van der Waals surface area (Å²) < 4.78 is 25.9. The molecule has 216 valence electrons. The van der Waals surface area contributed by atoms with E-state index in [9.17, 15) is 18.8 Å². The standard InChI is InChI=1S/C27H33ClFN5O5S/c1-27(2,38-4)22(25(37)34-13-17(28)21-20(34)18(35)14-39-21)31-24(36)16-7-5-15(6-8-16)19-23(29)40-26(30-19)33-11-9-32(3)10-12-33/h5-8,17,20-22H,9-14H2,1-4H3,(H,31,36). The second-order valence-electron chi connectivity index (χ2n) is 10.9. The fourth-order valence-corrected chi connectivity index (χ4v) is 6.46. The smallest absolute Gasteiger partial charge is 0.252 e. The number of carbonyl (C=O) groups excluding carboxylic acids is 3. The van der Waals surface area contributed by atoms with Gasteiger partial charge in [-0.1, -0.05) is 23.5 Å². The molecule has 40 heavy (non-hydrogen) atoms. The van der Waals surface area contributed by atoms with E-state index in [-0.39, 0.29) is 35.3 Å². The Morgan fingerprint density at radius 1 is 1.23 bits per heavy atom. The molecule has 3 aliphatic rings. The third kappa shape index (κ3) is 5.47. The van der Waals surface area contributed by atoms with Crippen LogP contribution < -0.4 is 10.2 Å². The van der Waals surface area contributed by atoms with E-state index in [0.717, 1.165) is 37.5 Å². The van der Waals surface area contributed by atoms with Gasteiger partial charge >= 0.3 is 0 Å². The normalized spacial score (nSPS) is 24.4. The SMILES string of the molecule is COC(C)(C)C(NC(=O)c1ccc(-c2nc(N3CCN(C)CC3)sc2F)cc1)C(=O)N1CC(Cl)C2OCC(=O)C21. The predicted molar refractivity (Wildman–Crippen MR) is 149 cm³/mol. The van der Waals surface area contributed by atoms with E-state index in [0.29, 0.717) is 10.7 Å².